The minimum absolute atomic E-state index is 0.164. The van der Waals surface area contributed by atoms with Gasteiger partial charge in [0.2, 0.25) is 0 Å². The van der Waals surface area contributed by atoms with Crippen LogP contribution in [-0.4, -0.2) is 29.1 Å². The number of carbonyl (C=O) groups is 1. The molecule has 0 saturated carbocycles. The van der Waals surface area contributed by atoms with Gasteiger partial charge in [0.1, 0.15) is 0 Å². The summed E-state index contributed by atoms with van der Waals surface area (Å²) in [6, 6.07) is 10.1. The third-order valence-electron chi connectivity index (χ3n) is 3.07. The predicted octanol–water partition coefficient (Wildman–Crippen LogP) is 3.43. The number of benzene rings is 1. The fourth-order valence-electron chi connectivity index (χ4n) is 2.23. The van der Waals surface area contributed by atoms with Gasteiger partial charge in [0.05, 0.1) is 0 Å². The molecule has 0 amide bonds. The Morgan fingerprint density at radius 1 is 1.11 bits per heavy atom. The van der Waals surface area contributed by atoms with E-state index in [-0.39, 0.29) is 5.78 Å². The van der Waals surface area contributed by atoms with Crippen LogP contribution in [0.5, 0.6) is 0 Å². The molecule has 1 aromatic heterocycles. The second kappa shape index (κ2) is 4.92. The summed E-state index contributed by atoms with van der Waals surface area (Å²) in [5.41, 5.74) is 3.06. The average Bonchev–Trinajstić information content (AvgIpc) is 2.74. The van der Waals surface area contributed by atoms with E-state index in [0.29, 0.717) is 0 Å². The Morgan fingerprint density at radius 3 is 2.22 bits per heavy atom. The van der Waals surface area contributed by atoms with Crippen molar-refractivity contribution in [2.75, 3.05) is 0 Å². The Hall–Kier alpha value is -1.03. The number of hydrogen-bond donors (Lipinski definition) is 1. The van der Waals surface area contributed by atoms with Gasteiger partial charge < -0.3 is 0 Å². The third kappa shape index (κ3) is 2.53. The average molecular weight is 348 g/mol. The van der Waals surface area contributed by atoms with Crippen molar-refractivity contribution < 1.29 is 4.79 Å². The van der Waals surface area contributed by atoms with E-state index in [1.807, 2.05) is 24.4 Å². The number of H-pyrrole nitrogens is 1. The van der Waals surface area contributed by atoms with E-state index in [1.54, 1.807) is 6.92 Å². The van der Waals surface area contributed by atoms with Crippen molar-refractivity contribution in [2.45, 2.75) is 21.7 Å². The molecule has 2 nitrogen and oxygen atoms in total. The normalized spacial score (nSPS) is 11.6. The molecule has 2 aromatic rings. The van der Waals surface area contributed by atoms with Gasteiger partial charge in [0, 0.05) is 0 Å². The molecule has 1 aromatic carbocycles. The van der Waals surface area contributed by atoms with Gasteiger partial charge in [0.25, 0.3) is 0 Å². The van der Waals surface area contributed by atoms with Crippen LogP contribution >= 0.6 is 0 Å². The fourth-order valence-corrected chi connectivity index (χ4v) is 6.70. The molecule has 18 heavy (non-hydrogen) atoms. The van der Waals surface area contributed by atoms with E-state index >= 15 is 0 Å². The first-order valence-electron chi connectivity index (χ1n) is 6.19. The fraction of sp³-hybridized carbons (Fsp3) is 0.267. The number of aromatic amines is 1. The maximum absolute atomic E-state index is 12.0. The first-order valence-corrected chi connectivity index (χ1v) is 16.2. The minimum atomic E-state index is -2.28. The van der Waals surface area contributed by atoms with Crippen molar-refractivity contribution in [2.24, 2.45) is 0 Å². The molecule has 94 valence electrons. The number of hydrogen-bond acceptors (Lipinski definition) is 1. The van der Waals surface area contributed by atoms with E-state index in [2.05, 4.69) is 31.9 Å². The molecular formula is C15H19NOSn. The van der Waals surface area contributed by atoms with E-state index in [1.165, 1.54) is 3.71 Å². The van der Waals surface area contributed by atoms with Crippen LogP contribution in [0.1, 0.15) is 17.3 Å². The Labute approximate surface area is 112 Å². The number of nitrogens with one attached hydrogen (secondary N) is 1. The summed E-state index contributed by atoms with van der Waals surface area (Å²) in [5.74, 6) is 0.164. The maximum atomic E-state index is 12.0. The molecule has 0 atom stereocenters. The van der Waals surface area contributed by atoms with Crippen LogP contribution in [0, 0.1) is 0 Å². The molecule has 3 heteroatoms. The number of rotatable bonds is 3. The topological polar surface area (TPSA) is 32.9 Å². The number of aromatic nitrogens is 1. The van der Waals surface area contributed by atoms with E-state index in [9.17, 15) is 4.79 Å². The summed E-state index contributed by atoms with van der Waals surface area (Å²) in [7, 11) is 0. The van der Waals surface area contributed by atoms with Crippen LogP contribution in [0.15, 0.2) is 36.5 Å². The molecule has 0 radical (unpaired) electrons. The van der Waals surface area contributed by atoms with Crippen molar-refractivity contribution >= 4 is 27.9 Å². The van der Waals surface area contributed by atoms with Crippen LogP contribution in [0.4, 0.5) is 0 Å². The van der Waals surface area contributed by atoms with Gasteiger partial charge in [0.15, 0.2) is 0 Å². The Kier molecular flexibility index (Phi) is 3.66. The zero-order chi connectivity index (χ0) is 13.3. The first kappa shape index (κ1) is 13.4. The van der Waals surface area contributed by atoms with E-state index < -0.39 is 18.4 Å². The van der Waals surface area contributed by atoms with Gasteiger partial charge in [-0.25, -0.2) is 0 Å². The van der Waals surface area contributed by atoms with E-state index in [0.717, 1.165) is 16.7 Å². The second-order valence-electron chi connectivity index (χ2n) is 5.62. The van der Waals surface area contributed by atoms with Crippen molar-refractivity contribution in [1.29, 1.82) is 0 Å². The van der Waals surface area contributed by atoms with Crippen LogP contribution in [0.2, 0.25) is 14.8 Å². The molecule has 0 unspecified atom stereocenters. The van der Waals surface area contributed by atoms with E-state index in [4.69, 9.17) is 0 Å². The summed E-state index contributed by atoms with van der Waals surface area (Å²) in [6.07, 6.45) is 1.99. The summed E-state index contributed by atoms with van der Waals surface area (Å²) < 4.78 is 1.22. The zero-order valence-corrected chi connectivity index (χ0v) is 14.2. The summed E-state index contributed by atoms with van der Waals surface area (Å²) >= 11 is -2.28. The first-order chi connectivity index (χ1) is 8.41. The molecule has 0 bridgehead atoms. The van der Waals surface area contributed by atoms with Gasteiger partial charge in [-0.2, -0.15) is 0 Å². The molecule has 1 N–H and O–H groups in total. The Balaban J connectivity index is 2.64. The molecule has 1 heterocycles. The molecule has 2 rings (SSSR count). The quantitative estimate of drug-likeness (QED) is 0.669. The summed E-state index contributed by atoms with van der Waals surface area (Å²) in [5, 5.41) is 0. The van der Waals surface area contributed by atoms with Crippen LogP contribution < -0.4 is 3.71 Å². The van der Waals surface area contributed by atoms with Crippen LogP contribution in [0.25, 0.3) is 11.1 Å². The van der Waals surface area contributed by atoms with Gasteiger partial charge >= 0.3 is 113 Å². The van der Waals surface area contributed by atoms with Gasteiger partial charge in [-0.05, 0) is 0 Å². The standard InChI is InChI=1S/C12H10NO.3CH3.Sn/c1-9(14)11-7-13-8-12(11)10-5-3-2-4-6-10;;;;/h2-6,8,13H,1H3;3*1H3;. The summed E-state index contributed by atoms with van der Waals surface area (Å²) in [6.45, 7) is 1.66. The van der Waals surface area contributed by atoms with Crippen molar-refractivity contribution in [3.63, 3.8) is 0 Å². The molecule has 0 fully saturated rings. The SMILES string of the molecule is CC(=O)c1c(-c2ccccc2)c[nH][c]1[Sn]([CH3])([CH3])[CH3]. The van der Waals surface area contributed by atoms with Gasteiger partial charge in [-0.15, -0.1) is 0 Å². The van der Waals surface area contributed by atoms with Gasteiger partial charge in [-0.3, -0.25) is 0 Å². The Morgan fingerprint density at radius 2 is 1.72 bits per heavy atom. The second-order valence-corrected chi connectivity index (χ2v) is 19.9. The zero-order valence-electron chi connectivity index (χ0n) is 11.4. The molecule has 0 spiro atoms. The molecular weight excluding hydrogens is 329 g/mol. The monoisotopic (exact) mass is 349 g/mol. The third-order valence-corrected chi connectivity index (χ3v) is 8.47. The molecule has 0 aliphatic rings. The van der Waals surface area contributed by atoms with Gasteiger partial charge in [-0.1, -0.05) is 0 Å². The van der Waals surface area contributed by atoms with Crippen molar-refractivity contribution in [3.05, 3.63) is 42.1 Å². The van der Waals surface area contributed by atoms with Crippen molar-refractivity contribution in [1.82, 2.24) is 4.98 Å². The number of Topliss-reactive ketones (excluding diaryl/α,β-unsaturated/α-hetero) is 1. The predicted molar refractivity (Wildman–Crippen MR) is 79.2 cm³/mol. The van der Waals surface area contributed by atoms with Crippen LogP contribution in [0.3, 0.4) is 0 Å². The van der Waals surface area contributed by atoms with Crippen LogP contribution in [-0.2, 0) is 0 Å². The number of ketones is 1. The molecule has 0 aliphatic heterocycles. The summed E-state index contributed by atoms with van der Waals surface area (Å²) in [4.78, 5) is 22.3. The van der Waals surface area contributed by atoms with Crippen molar-refractivity contribution in [3.8, 4) is 11.1 Å². The Bertz CT molecular complexity index is 564. The molecule has 0 saturated heterocycles. The number of carbonyl (C=O) groups excluding carboxylic acids is 1. The molecule has 0 aliphatic carbocycles.